The topological polar surface area (TPSA) is 79.2 Å². The molecule has 1 heterocycles. The molecule has 0 fully saturated rings. The van der Waals surface area contributed by atoms with E-state index in [9.17, 15) is 22.8 Å². The van der Waals surface area contributed by atoms with Crippen molar-refractivity contribution in [3.63, 3.8) is 0 Å². The van der Waals surface area contributed by atoms with E-state index in [1.54, 1.807) is 24.3 Å². The van der Waals surface area contributed by atoms with E-state index in [1.807, 2.05) is 0 Å². The van der Waals surface area contributed by atoms with Crippen LogP contribution >= 0.6 is 35.0 Å². The van der Waals surface area contributed by atoms with Crippen LogP contribution in [0.4, 0.5) is 24.5 Å². The van der Waals surface area contributed by atoms with Crippen molar-refractivity contribution in [2.24, 2.45) is 0 Å². The van der Waals surface area contributed by atoms with E-state index in [4.69, 9.17) is 29.8 Å². The van der Waals surface area contributed by atoms with Crippen molar-refractivity contribution in [1.82, 2.24) is 9.97 Å². The Kier molecular flexibility index (Phi) is 8.11. The van der Waals surface area contributed by atoms with Crippen LogP contribution in [0.5, 0.6) is 0 Å². The summed E-state index contributed by atoms with van der Waals surface area (Å²) < 4.78 is 40.7. The van der Waals surface area contributed by atoms with E-state index in [1.165, 1.54) is 36.4 Å². The van der Waals surface area contributed by atoms with Crippen LogP contribution in [0, 0.1) is 6.57 Å². The average Bonchev–Trinajstić information content (AvgIpc) is 2.88. The number of H-pyrrole nitrogens is 1. The molecule has 2 N–H and O–H groups in total. The molecule has 0 radical (unpaired) electrons. The Balaban J connectivity index is 1.57. The van der Waals surface area contributed by atoms with Gasteiger partial charge in [0.2, 0.25) is 0 Å². The summed E-state index contributed by atoms with van der Waals surface area (Å²) in [4.78, 5) is 34.8. The second kappa shape index (κ2) is 11.3. The summed E-state index contributed by atoms with van der Waals surface area (Å²) in [5.41, 5.74) is -1.53. The SMILES string of the molecule is [C-]#[N+]c1c(-c2ccccc2C(F)(F)F)nc(SCc2cccc(NC(=O)c3ccc(Cl)c(Cl)c3)c2)[nH]c1=O. The third-order valence-corrected chi connectivity index (χ3v) is 6.90. The summed E-state index contributed by atoms with van der Waals surface area (Å²) in [6.45, 7) is 7.30. The largest absolute Gasteiger partial charge is 0.417 e. The number of carbonyl (C=O) groups excluding carboxylic acids is 1. The van der Waals surface area contributed by atoms with E-state index < -0.39 is 28.9 Å². The molecule has 1 amide bonds. The quantitative estimate of drug-likeness (QED) is 0.139. The first-order valence-corrected chi connectivity index (χ1v) is 12.5. The first-order valence-electron chi connectivity index (χ1n) is 10.7. The minimum Gasteiger partial charge on any atom is -0.322 e. The van der Waals surface area contributed by atoms with Crippen molar-refractivity contribution in [2.75, 3.05) is 5.32 Å². The predicted molar refractivity (Wildman–Crippen MR) is 142 cm³/mol. The number of halogens is 5. The fourth-order valence-corrected chi connectivity index (χ4v) is 4.58. The van der Waals surface area contributed by atoms with E-state index >= 15 is 0 Å². The molecule has 12 heteroatoms. The number of nitrogens with one attached hydrogen (secondary N) is 2. The lowest BCUT2D eigenvalue weighted by molar-refractivity contribution is -0.137. The molecule has 192 valence electrons. The Morgan fingerprint density at radius 2 is 1.82 bits per heavy atom. The minimum absolute atomic E-state index is 0.0413. The molecule has 0 bridgehead atoms. The zero-order valence-corrected chi connectivity index (χ0v) is 21.4. The van der Waals surface area contributed by atoms with E-state index in [0.717, 1.165) is 23.4 Å². The van der Waals surface area contributed by atoms with Gasteiger partial charge in [0.15, 0.2) is 5.16 Å². The summed E-state index contributed by atoms with van der Waals surface area (Å²) in [5, 5.41) is 3.36. The predicted octanol–water partition coefficient (Wildman–Crippen LogP) is 7.86. The van der Waals surface area contributed by atoms with Crippen molar-refractivity contribution in [2.45, 2.75) is 17.1 Å². The first-order chi connectivity index (χ1) is 18.1. The summed E-state index contributed by atoms with van der Waals surface area (Å²) in [6, 6.07) is 16.0. The third-order valence-electron chi connectivity index (χ3n) is 5.21. The first kappa shape index (κ1) is 27.3. The molecule has 1 aromatic heterocycles. The van der Waals surface area contributed by atoms with Gasteiger partial charge in [0.05, 0.1) is 27.9 Å². The molecular formula is C26H15Cl2F3N4O2S. The van der Waals surface area contributed by atoms with Crippen LogP contribution in [0.15, 0.2) is 76.7 Å². The number of alkyl halides is 3. The minimum atomic E-state index is -4.70. The van der Waals surface area contributed by atoms with Gasteiger partial charge in [-0.2, -0.15) is 13.2 Å². The second-order valence-corrected chi connectivity index (χ2v) is 9.57. The molecule has 4 rings (SSSR count). The molecular weight excluding hydrogens is 560 g/mol. The Hall–Kier alpha value is -3.78. The van der Waals surface area contributed by atoms with Gasteiger partial charge in [0.1, 0.15) is 0 Å². The Labute approximate surface area is 228 Å². The van der Waals surface area contributed by atoms with Crippen molar-refractivity contribution < 1.29 is 18.0 Å². The number of carbonyl (C=O) groups is 1. The van der Waals surface area contributed by atoms with Crippen molar-refractivity contribution in [3.8, 4) is 11.3 Å². The number of nitrogens with zero attached hydrogens (tertiary/aromatic N) is 2. The molecule has 0 unspecified atom stereocenters. The van der Waals surface area contributed by atoms with Crippen LogP contribution in [-0.4, -0.2) is 15.9 Å². The maximum atomic E-state index is 13.6. The Morgan fingerprint density at radius 1 is 1.05 bits per heavy atom. The Morgan fingerprint density at radius 3 is 2.53 bits per heavy atom. The zero-order chi connectivity index (χ0) is 27.4. The molecule has 0 aliphatic rings. The molecule has 0 saturated heterocycles. The lowest BCUT2D eigenvalue weighted by atomic mass is 10.0. The molecule has 0 saturated carbocycles. The summed E-state index contributed by atoms with van der Waals surface area (Å²) >= 11 is 12.9. The van der Waals surface area contributed by atoms with Gasteiger partial charge in [-0.15, -0.1) is 0 Å². The van der Waals surface area contributed by atoms with Crippen molar-refractivity contribution in [1.29, 1.82) is 0 Å². The number of hydrogen-bond donors (Lipinski definition) is 2. The summed E-state index contributed by atoms with van der Waals surface area (Å²) in [6.07, 6.45) is -4.70. The van der Waals surface area contributed by atoms with Crippen LogP contribution < -0.4 is 10.9 Å². The fraction of sp³-hybridized carbons (Fsp3) is 0.0769. The highest BCUT2D eigenvalue weighted by molar-refractivity contribution is 7.98. The normalized spacial score (nSPS) is 11.2. The van der Waals surface area contributed by atoms with Crippen LogP contribution in [-0.2, 0) is 11.9 Å². The molecule has 0 atom stereocenters. The van der Waals surface area contributed by atoms with Gasteiger partial charge >= 0.3 is 6.18 Å². The number of hydrogen-bond acceptors (Lipinski definition) is 4. The standard InChI is InChI=1S/C26H15Cl2F3N4O2S/c1-32-22-21(17-7-2-3-8-18(17)26(29,30)31)34-25(35-24(22)37)38-13-14-5-4-6-16(11-14)33-23(36)15-9-10-19(27)20(28)12-15/h2-12H,13H2,(H,33,36)(H,34,35,37). The molecule has 0 aliphatic carbocycles. The zero-order valence-electron chi connectivity index (χ0n) is 19.1. The van der Waals surface area contributed by atoms with Gasteiger partial charge in [0.25, 0.3) is 17.2 Å². The maximum Gasteiger partial charge on any atom is 0.417 e. The number of thioether (sulfide) groups is 1. The number of rotatable bonds is 6. The van der Waals surface area contributed by atoms with Gasteiger partial charge < -0.3 is 10.3 Å². The highest BCUT2D eigenvalue weighted by Crippen LogP contribution is 2.39. The monoisotopic (exact) mass is 574 g/mol. The summed E-state index contributed by atoms with van der Waals surface area (Å²) in [5.74, 6) is -0.140. The number of benzene rings is 3. The van der Waals surface area contributed by atoms with Gasteiger partial charge in [-0.05, 0) is 42.0 Å². The number of aromatic amines is 1. The number of anilines is 1. The van der Waals surface area contributed by atoms with Crippen LogP contribution in [0.25, 0.3) is 16.1 Å². The van der Waals surface area contributed by atoms with E-state index in [2.05, 4.69) is 20.1 Å². The fourth-order valence-electron chi connectivity index (χ4n) is 3.47. The number of aromatic nitrogens is 2. The third kappa shape index (κ3) is 6.19. The lowest BCUT2D eigenvalue weighted by Crippen LogP contribution is -2.12. The van der Waals surface area contributed by atoms with Gasteiger partial charge in [-0.1, -0.05) is 65.3 Å². The smallest absolute Gasteiger partial charge is 0.322 e. The lowest BCUT2D eigenvalue weighted by Gasteiger charge is -2.14. The van der Waals surface area contributed by atoms with Gasteiger partial charge in [0, 0.05) is 22.6 Å². The van der Waals surface area contributed by atoms with Gasteiger partial charge in [-0.25, -0.2) is 9.83 Å². The molecule has 0 aliphatic heterocycles. The van der Waals surface area contributed by atoms with Crippen LogP contribution in [0.3, 0.4) is 0 Å². The van der Waals surface area contributed by atoms with E-state index in [0.29, 0.717) is 16.3 Å². The van der Waals surface area contributed by atoms with E-state index in [-0.39, 0.29) is 27.2 Å². The molecule has 38 heavy (non-hydrogen) atoms. The van der Waals surface area contributed by atoms with Crippen molar-refractivity contribution >= 4 is 52.2 Å². The molecule has 4 aromatic rings. The Bertz CT molecular complexity index is 1630. The average molecular weight is 575 g/mol. The number of amides is 1. The van der Waals surface area contributed by atoms with Crippen LogP contribution in [0.1, 0.15) is 21.5 Å². The van der Waals surface area contributed by atoms with Crippen LogP contribution in [0.2, 0.25) is 10.0 Å². The second-order valence-electron chi connectivity index (χ2n) is 7.80. The van der Waals surface area contributed by atoms with Gasteiger partial charge in [-0.3, -0.25) is 9.59 Å². The maximum absolute atomic E-state index is 13.6. The molecule has 6 nitrogen and oxygen atoms in total. The molecule has 0 spiro atoms. The summed E-state index contributed by atoms with van der Waals surface area (Å²) in [7, 11) is 0. The van der Waals surface area contributed by atoms with Crippen molar-refractivity contribution in [3.05, 3.63) is 115 Å². The molecule has 3 aromatic carbocycles. The highest BCUT2D eigenvalue weighted by Gasteiger charge is 2.34. The highest BCUT2D eigenvalue weighted by atomic mass is 35.5.